The third-order valence-electron chi connectivity index (χ3n) is 5.38. The highest BCUT2D eigenvalue weighted by molar-refractivity contribution is 9.09. The lowest BCUT2D eigenvalue weighted by atomic mass is 9.73. The van der Waals surface area contributed by atoms with Crippen LogP contribution in [0.15, 0.2) is 24.3 Å². The number of carbonyl (C=O) groups is 1. The van der Waals surface area contributed by atoms with Crippen LogP contribution in [0.2, 0.25) is 0 Å². The maximum absolute atomic E-state index is 12.4. The number of aromatic nitrogens is 1. The Morgan fingerprint density at radius 3 is 2.83 bits per heavy atom. The molecule has 1 aliphatic rings. The highest BCUT2D eigenvalue weighted by Gasteiger charge is 2.38. The van der Waals surface area contributed by atoms with Gasteiger partial charge in [0, 0.05) is 33.9 Å². The molecular formula is C19H25BrN2O. The van der Waals surface area contributed by atoms with Gasteiger partial charge in [0.25, 0.3) is 0 Å². The molecule has 1 unspecified atom stereocenters. The first-order valence-electron chi connectivity index (χ1n) is 8.63. The summed E-state index contributed by atoms with van der Waals surface area (Å²) in [7, 11) is 0. The van der Waals surface area contributed by atoms with Crippen molar-refractivity contribution in [3.05, 3.63) is 35.5 Å². The zero-order valence-corrected chi connectivity index (χ0v) is 15.3. The van der Waals surface area contributed by atoms with E-state index < -0.39 is 0 Å². The van der Waals surface area contributed by atoms with E-state index >= 15 is 0 Å². The molecule has 0 aliphatic carbocycles. The van der Waals surface area contributed by atoms with Gasteiger partial charge in [-0.2, -0.15) is 0 Å². The van der Waals surface area contributed by atoms with E-state index in [-0.39, 0.29) is 11.3 Å². The lowest BCUT2D eigenvalue weighted by molar-refractivity contribution is -0.134. The van der Waals surface area contributed by atoms with Crippen molar-refractivity contribution in [3.8, 4) is 0 Å². The van der Waals surface area contributed by atoms with E-state index in [1.165, 1.54) is 22.2 Å². The number of benzene rings is 1. The summed E-state index contributed by atoms with van der Waals surface area (Å²) in [6.07, 6.45) is 5.93. The number of amides is 1. The standard InChI is InChI=1S/C19H25BrN2O/c1-2-19(10-5-13-21-18(19)23)11-8-17-15(9-12-20)14-6-3-4-7-16(14)22-17/h3-4,6-7,22H,2,5,8-13H2,1H3,(H,21,23). The summed E-state index contributed by atoms with van der Waals surface area (Å²) in [4.78, 5) is 16.0. The molecule has 3 rings (SSSR count). The van der Waals surface area contributed by atoms with Crippen molar-refractivity contribution in [1.82, 2.24) is 10.3 Å². The van der Waals surface area contributed by atoms with Crippen molar-refractivity contribution < 1.29 is 4.79 Å². The third-order valence-corrected chi connectivity index (χ3v) is 5.77. The van der Waals surface area contributed by atoms with Gasteiger partial charge in [-0.15, -0.1) is 0 Å². The van der Waals surface area contributed by atoms with Crippen LogP contribution < -0.4 is 5.32 Å². The Kier molecular flexibility index (Phi) is 5.10. The van der Waals surface area contributed by atoms with Gasteiger partial charge in [-0.05, 0) is 50.2 Å². The molecule has 1 amide bonds. The zero-order chi connectivity index (χ0) is 16.3. The Morgan fingerprint density at radius 2 is 2.09 bits per heavy atom. The van der Waals surface area contributed by atoms with E-state index in [4.69, 9.17) is 0 Å². The molecule has 124 valence electrons. The number of carbonyl (C=O) groups excluding carboxylic acids is 1. The van der Waals surface area contributed by atoms with E-state index in [2.05, 4.69) is 57.4 Å². The largest absolute Gasteiger partial charge is 0.358 e. The first kappa shape index (κ1) is 16.6. The van der Waals surface area contributed by atoms with E-state index in [9.17, 15) is 4.79 Å². The number of aryl methyl sites for hydroxylation is 2. The van der Waals surface area contributed by atoms with Crippen LogP contribution in [0.3, 0.4) is 0 Å². The van der Waals surface area contributed by atoms with Crippen molar-refractivity contribution in [1.29, 1.82) is 0 Å². The number of nitrogens with one attached hydrogen (secondary N) is 2. The van der Waals surface area contributed by atoms with Crippen LogP contribution in [0, 0.1) is 5.41 Å². The predicted octanol–water partition coefficient (Wildman–Crippen LogP) is 4.34. The number of rotatable bonds is 6. The summed E-state index contributed by atoms with van der Waals surface area (Å²) in [5, 5.41) is 5.35. The molecule has 1 aromatic heterocycles. The van der Waals surface area contributed by atoms with Gasteiger partial charge in [-0.25, -0.2) is 0 Å². The van der Waals surface area contributed by atoms with E-state index in [1.807, 2.05) is 0 Å². The lowest BCUT2D eigenvalue weighted by Gasteiger charge is -2.35. The van der Waals surface area contributed by atoms with Crippen molar-refractivity contribution in [2.75, 3.05) is 11.9 Å². The number of aromatic amines is 1. The lowest BCUT2D eigenvalue weighted by Crippen LogP contribution is -2.45. The van der Waals surface area contributed by atoms with Gasteiger partial charge in [0.2, 0.25) is 5.91 Å². The van der Waals surface area contributed by atoms with Crippen LogP contribution in [-0.4, -0.2) is 22.8 Å². The number of halogens is 1. The molecule has 3 nitrogen and oxygen atoms in total. The first-order valence-corrected chi connectivity index (χ1v) is 9.75. The van der Waals surface area contributed by atoms with Crippen LogP contribution in [-0.2, 0) is 17.6 Å². The number of fused-ring (bicyclic) bond motifs is 1. The van der Waals surface area contributed by atoms with Gasteiger partial charge in [-0.1, -0.05) is 41.1 Å². The van der Waals surface area contributed by atoms with Crippen molar-refractivity contribution >= 4 is 32.7 Å². The molecule has 2 aromatic rings. The summed E-state index contributed by atoms with van der Waals surface area (Å²) < 4.78 is 0. The van der Waals surface area contributed by atoms with Crippen LogP contribution in [0.25, 0.3) is 10.9 Å². The highest BCUT2D eigenvalue weighted by atomic mass is 79.9. The average Bonchev–Trinajstić information content (AvgIpc) is 2.93. The minimum Gasteiger partial charge on any atom is -0.358 e. The Labute approximate surface area is 146 Å². The fraction of sp³-hybridized carbons (Fsp3) is 0.526. The van der Waals surface area contributed by atoms with Gasteiger partial charge in [-0.3, -0.25) is 4.79 Å². The Balaban J connectivity index is 1.86. The van der Waals surface area contributed by atoms with Crippen LogP contribution in [0.1, 0.15) is 43.9 Å². The molecule has 1 aromatic carbocycles. The average molecular weight is 377 g/mol. The molecule has 1 saturated heterocycles. The monoisotopic (exact) mass is 376 g/mol. The molecule has 0 radical (unpaired) electrons. The molecule has 0 bridgehead atoms. The fourth-order valence-electron chi connectivity index (χ4n) is 3.90. The Bertz CT molecular complexity index is 694. The molecule has 0 saturated carbocycles. The fourth-order valence-corrected chi connectivity index (χ4v) is 4.29. The van der Waals surface area contributed by atoms with Crippen LogP contribution in [0.4, 0.5) is 0 Å². The molecule has 2 N–H and O–H groups in total. The molecule has 1 atom stereocenters. The molecule has 23 heavy (non-hydrogen) atoms. The smallest absolute Gasteiger partial charge is 0.226 e. The third kappa shape index (κ3) is 3.18. The number of H-pyrrole nitrogens is 1. The second kappa shape index (κ2) is 7.08. The van der Waals surface area contributed by atoms with Crippen LogP contribution in [0.5, 0.6) is 0 Å². The first-order chi connectivity index (χ1) is 11.2. The van der Waals surface area contributed by atoms with E-state index in [1.54, 1.807) is 0 Å². The quantitative estimate of drug-likeness (QED) is 0.723. The maximum atomic E-state index is 12.4. The zero-order valence-electron chi connectivity index (χ0n) is 13.8. The molecule has 1 aliphatic heterocycles. The number of hydrogen-bond donors (Lipinski definition) is 2. The summed E-state index contributed by atoms with van der Waals surface area (Å²) in [6, 6.07) is 8.50. The van der Waals surface area contributed by atoms with Gasteiger partial charge in [0.15, 0.2) is 0 Å². The molecule has 0 spiro atoms. The number of alkyl halides is 1. The predicted molar refractivity (Wildman–Crippen MR) is 99.1 cm³/mol. The van der Waals surface area contributed by atoms with Gasteiger partial charge in [0.05, 0.1) is 0 Å². The SMILES string of the molecule is CCC1(CCc2[nH]c3ccccc3c2CCBr)CCCNC1=O. The molecule has 4 heteroatoms. The minimum absolute atomic E-state index is 0.179. The summed E-state index contributed by atoms with van der Waals surface area (Å²) in [5.74, 6) is 0.254. The molecule has 1 fully saturated rings. The number of hydrogen-bond acceptors (Lipinski definition) is 1. The van der Waals surface area contributed by atoms with Crippen molar-refractivity contribution in [2.24, 2.45) is 5.41 Å². The van der Waals surface area contributed by atoms with Crippen LogP contribution >= 0.6 is 15.9 Å². The minimum atomic E-state index is -0.179. The van der Waals surface area contributed by atoms with Gasteiger partial charge in [0.1, 0.15) is 0 Å². The van der Waals surface area contributed by atoms with E-state index in [0.29, 0.717) is 0 Å². The van der Waals surface area contributed by atoms with Gasteiger partial charge < -0.3 is 10.3 Å². The van der Waals surface area contributed by atoms with E-state index in [0.717, 1.165) is 50.4 Å². The Hall–Kier alpha value is -1.29. The number of piperidine rings is 1. The second-order valence-corrected chi connectivity index (χ2v) is 7.35. The summed E-state index contributed by atoms with van der Waals surface area (Å²) in [5.41, 5.74) is 3.73. The second-order valence-electron chi connectivity index (χ2n) is 6.56. The molecular weight excluding hydrogens is 352 g/mol. The summed E-state index contributed by atoms with van der Waals surface area (Å²) >= 11 is 3.57. The topological polar surface area (TPSA) is 44.9 Å². The normalized spacial score (nSPS) is 21.6. The number of para-hydroxylation sites is 1. The highest BCUT2D eigenvalue weighted by Crippen LogP contribution is 2.37. The van der Waals surface area contributed by atoms with Crippen molar-refractivity contribution in [3.63, 3.8) is 0 Å². The van der Waals surface area contributed by atoms with Crippen molar-refractivity contribution in [2.45, 2.75) is 45.4 Å². The summed E-state index contributed by atoms with van der Waals surface area (Å²) in [6.45, 7) is 2.98. The molecule has 2 heterocycles. The Morgan fingerprint density at radius 1 is 1.26 bits per heavy atom. The maximum Gasteiger partial charge on any atom is 0.226 e. The van der Waals surface area contributed by atoms with Gasteiger partial charge >= 0.3 is 0 Å².